The molecule has 4 aromatic rings. The van der Waals surface area contributed by atoms with Crippen LogP contribution in [0.25, 0.3) is 27.6 Å². The first kappa shape index (κ1) is 21.0. The summed E-state index contributed by atoms with van der Waals surface area (Å²) in [6.45, 7) is 1.78. The van der Waals surface area contributed by atoms with E-state index in [0.717, 1.165) is 16.5 Å². The number of H-pyrrole nitrogens is 1. The molecule has 33 heavy (non-hydrogen) atoms. The first-order valence-electron chi connectivity index (χ1n) is 11.1. The average molecular weight is 447 g/mol. The summed E-state index contributed by atoms with van der Waals surface area (Å²) in [6, 6.07) is 8.24. The number of nitrogens with one attached hydrogen (secondary N) is 1. The van der Waals surface area contributed by atoms with Crippen LogP contribution in [0.4, 0.5) is 0 Å². The first-order chi connectivity index (χ1) is 16.0. The number of benzene rings is 1. The van der Waals surface area contributed by atoms with E-state index in [1.807, 2.05) is 23.2 Å². The van der Waals surface area contributed by atoms with Gasteiger partial charge in [0.15, 0.2) is 11.2 Å². The molecule has 9 heteroatoms. The number of carbonyl (C=O) groups is 1. The number of rotatable bonds is 5. The van der Waals surface area contributed by atoms with Crippen LogP contribution >= 0.6 is 0 Å². The van der Waals surface area contributed by atoms with Crippen LogP contribution in [0.2, 0.25) is 0 Å². The molecule has 0 saturated heterocycles. The minimum atomic E-state index is -0.405. The van der Waals surface area contributed by atoms with Gasteiger partial charge in [-0.3, -0.25) is 18.7 Å². The zero-order valence-electron chi connectivity index (χ0n) is 18.7. The summed E-state index contributed by atoms with van der Waals surface area (Å²) in [5.74, 6) is 0.106. The van der Waals surface area contributed by atoms with Crippen molar-refractivity contribution in [2.45, 2.75) is 25.8 Å². The van der Waals surface area contributed by atoms with Crippen molar-refractivity contribution in [2.24, 2.45) is 14.1 Å². The number of aryl methyl sites for hydroxylation is 2. The third kappa shape index (κ3) is 3.59. The van der Waals surface area contributed by atoms with Crippen molar-refractivity contribution in [1.82, 2.24) is 28.6 Å². The van der Waals surface area contributed by atoms with Gasteiger partial charge in [0.1, 0.15) is 0 Å². The lowest BCUT2D eigenvalue weighted by atomic mass is 9.99. The Bertz CT molecular complexity index is 1520. The maximum Gasteiger partial charge on any atom is 0.332 e. The Morgan fingerprint density at radius 1 is 1.15 bits per heavy atom. The Labute approximate surface area is 189 Å². The summed E-state index contributed by atoms with van der Waals surface area (Å²) in [6.07, 6.45) is 7.55. The molecular weight excluding hydrogens is 420 g/mol. The first-order valence-corrected chi connectivity index (χ1v) is 11.1. The minimum Gasteiger partial charge on any atom is -0.361 e. The number of hydrogen-bond donors (Lipinski definition) is 1. The molecule has 0 radical (unpaired) electrons. The highest BCUT2D eigenvalue weighted by Crippen LogP contribution is 2.29. The number of carbonyl (C=O) groups excluding carboxylic acids is 1. The smallest absolute Gasteiger partial charge is 0.332 e. The van der Waals surface area contributed by atoms with Crippen LogP contribution in [0, 0.1) is 0 Å². The van der Waals surface area contributed by atoms with Crippen molar-refractivity contribution in [3.05, 3.63) is 69.3 Å². The maximum absolute atomic E-state index is 12.8. The lowest BCUT2D eigenvalue weighted by molar-refractivity contribution is -0.130. The van der Waals surface area contributed by atoms with E-state index in [4.69, 9.17) is 0 Å². The van der Waals surface area contributed by atoms with Crippen molar-refractivity contribution in [3.8, 4) is 0 Å². The van der Waals surface area contributed by atoms with Crippen molar-refractivity contribution in [2.75, 3.05) is 13.1 Å². The number of amides is 1. The van der Waals surface area contributed by atoms with E-state index in [1.54, 1.807) is 17.9 Å². The van der Waals surface area contributed by atoms with Gasteiger partial charge in [0.05, 0.1) is 6.33 Å². The van der Waals surface area contributed by atoms with Gasteiger partial charge in [-0.2, -0.15) is 0 Å². The second-order valence-electron chi connectivity index (χ2n) is 8.49. The van der Waals surface area contributed by atoms with Crippen molar-refractivity contribution in [3.63, 3.8) is 0 Å². The van der Waals surface area contributed by atoms with Gasteiger partial charge in [0.25, 0.3) is 5.56 Å². The van der Waals surface area contributed by atoms with Crippen LogP contribution in [0.15, 0.2) is 52.5 Å². The molecule has 0 spiro atoms. The van der Waals surface area contributed by atoms with Crippen LogP contribution in [0.5, 0.6) is 0 Å². The topological polar surface area (TPSA) is 97.9 Å². The zero-order valence-corrected chi connectivity index (χ0v) is 18.7. The van der Waals surface area contributed by atoms with Crippen molar-refractivity contribution in [1.29, 1.82) is 0 Å². The van der Waals surface area contributed by atoms with Crippen LogP contribution in [0.1, 0.15) is 24.8 Å². The molecule has 1 N–H and O–H groups in total. The fourth-order valence-electron chi connectivity index (χ4n) is 4.60. The lowest BCUT2D eigenvalue weighted by Gasteiger charge is -2.26. The third-order valence-corrected chi connectivity index (χ3v) is 6.50. The molecule has 0 fully saturated rings. The highest BCUT2D eigenvalue weighted by Gasteiger charge is 2.20. The lowest BCUT2D eigenvalue weighted by Crippen LogP contribution is -2.37. The molecule has 0 unspecified atom stereocenters. The molecule has 4 heterocycles. The van der Waals surface area contributed by atoms with Crippen LogP contribution in [0.3, 0.4) is 0 Å². The van der Waals surface area contributed by atoms with E-state index in [1.165, 1.54) is 28.1 Å². The van der Waals surface area contributed by atoms with Crippen molar-refractivity contribution >= 4 is 33.5 Å². The highest BCUT2D eigenvalue weighted by molar-refractivity contribution is 5.93. The van der Waals surface area contributed by atoms with Gasteiger partial charge in [0, 0.05) is 62.8 Å². The van der Waals surface area contributed by atoms with E-state index in [9.17, 15) is 14.4 Å². The maximum atomic E-state index is 12.8. The SMILES string of the molecule is Cn1c(=O)c2c(ncn2CCCC(=O)N2CC=C(c3c[nH]c4ccccc34)CC2)n(C)c1=O. The second kappa shape index (κ2) is 8.23. The molecule has 0 aliphatic carbocycles. The molecule has 0 atom stereocenters. The average Bonchev–Trinajstić information content (AvgIpc) is 3.46. The molecule has 5 rings (SSSR count). The van der Waals surface area contributed by atoms with Gasteiger partial charge >= 0.3 is 5.69 Å². The molecule has 3 aromatic heterocycles. The predicted molar refractivity (Wildman–Crippen MR) is 127 cm³/mol. The Morgan fingerprint density at radius 3 is 2.76 bits per heavy atom. The number of nitrogens with zero attached hydrogens (tertiary/aromatic N) is 5. The Balaban J connectivity index is 1.23. The third-order valence-electron chi connectivity index (χ3n) is 6.50. The van der Waals surface area contributed by atoms with Gasteiger partial charge in [-0.05, 0) is 24.5 Å². The molecule has 0 bridgehead atoms. The molecule has 9 nitrogen and oxygen atoms in total. The number of aromatic nitrogens is 5. The predicted octanol–water partition coefficient (Wildman–Crippen LogP) is 2.01. The second-order valence-corrected chi connectivity index (χ2v) is 8.49. The summed E-state index contributed by atoms with van der Waals surface area (Å²) < 4.78 is 4.18. The molecule has 0 saturated carbocycles. The molecule has 1 amide bonds. The fourth-order valence-corrected chi connectivity index (χ4v) is 4.60. The Kier molecular flexibility index (Phi) is 5.24. The number of para-hydroxylation sites is 1. The molecular formula is C24H26N6O3. The van der Waals surface area contributed by atoms with Crippen LogP contribution in [-0.2, 0) is 25.4 Å². The Hall–Kier alpha value is -3.88. The molecule has 170 valence electrons. The molecule has 1 aromatic carbocycles. The van der Waals surface area contributed by atoms with Gasteiger partial charge in [-0.1, -0.05) is 24.3 Å². The van der Waals surface area contributed by atoms with E-state index >= 15 is 0 Å². The normalized spacial score (nSPS) is 14.2. The summed E-state index contributed by atoms with van der Waals surface area (Å²) in [7, 11) is 3.05. The fraction of sp³-hybridized carbons (Fsp3) is 0.333. The Morgan fingerprint density at radius 2 is 1.97 bits per heavy atom. The molecule has 1 aliphatic heterocycles. The van der Waals surface area contributed by atoms with Crippen LogP contribution in [-0.4, -0.2) is 47.6 Å². The monoisotopic (exact) mass is 446 g/mol. The highest BCUT2D eigenvalue weighted by atomic mass is 16.2. The number of hydrogen-bond acceptors (Lipinski definition) is 4. The van der Waals surface area contributed by atoms with Gasteiger partial charge in [-0.25, -0.2) is 9.78 Å². The summed E-state index contributed by atoms with van der Waals surface area (Å²) in [4.78, 5) is 46.8. The van der Waals surface area contributed by atoms with E-state index in [0.29, 0.717) is 43.6 Å². The van der Waals surface area contributed by atoms with Crippen LogP contribution < -0.4 is 11.2 Å². The molecule has 1 aliphatic rings. The zero-order chi connectivity index (χ0) is 23.1. The summed E-state index contributed by atoms with van der Waals surface area (Å²) in [5.41, 5.74) is 3.56. The number of imidazole rings is 1. The van der Waals surface area contributed by atoms with E-state index in [-0.39, 0.29) is 11.5 Å². The minimum absolute atomic E-state index is 0.106. The quantitative estimate of drug-likeness (QED) is 0.507. The van der Waals surface area contributed by atoms with Crippen molar-refractivity contribution < 1.29 is 4.79 Å². The van der Waals surface area contributed by atoms with E-state index in [2.05, 4.69) is 28.2 Å². The van der Waals surface area contributed by atoms with Gasteiger partial charge < -0.3 is 14.5 Å². The summed E-state index contributed by atoms with van der Waals surface area (Å²) >= 11 is 0. The standard InChI is InChI=1S/C24H26N6O3/c1-27-22-21(23(32)28(2)24(27)33)30(15-26-22)11-5-8-20(31)29-12-9-16(10-13-29)18-14-25-19-7-4-3-6-17(18)19/h3-4,6-7,9,14-15,25H,5,8,10-13H2,1-2H3. The van der Waals surface area contributed by atoms with Gasteiger partial charge in [-0.15, -0.1) is 0 Å². The summed E-state index contributed by atoms with van der Waals surface area (Å²) in [5, 5.41) is 1.21. The largest absolute Gasteiger partial charge is 0.361 e. The van der Waals surface area contributed by atoms with E-state index < -0.39 is 5.69 Å². The van der Waals surface area contributed by atoms with Gasteiger partial charge in [0.2, 0.25) is 5.91 Å². The number of fused-ring (bicyclic) bond motifs is 2. The number of aromatic amines is 1.